The van der Waals surface area contributed by atoms with Crippen LogP contribution >= 0.6 is 0 Å². The van der Waals surface area contributed by atoms with Crippen LogP contribution in [-0.4, -0.2) is 10.1 Å². The van der Waals surface area contributed by atoms with Crippen LogP contribution in [0, 0.1) is 0 Å². The Balaban J connectivity index is 1.83. The van der Waals surface area contributed by atoms with Crippen LogP contribution in [0.3, 0.4) is 0 Å². The standard InChI is InChI=1S/C22H18N2O/c1-2-24-18(13-10-17-6-3-4-8-20(17)24)12-9-16-11-14-21(25)22-19(16)7-5-15-23-22/h3-15H,2H2,1H3/p+1. The number of hydrogen-bond donors (Lipinski definition) is 1. The van der Waals surface area contributed by atoms with Gasteiger partial charge < -0.3 is 5.11 Å². The molecular weight excluding hydrogens is 308 g/mol. The lowest BCUT2D eigenvalue weighted by atomic mass is 10.1. The van der Waals surface area contributed by atoms with Crippen LogP contribution in [0.25, 0.3) is 34.0 Å². The third kappa shape index (κ3) is 2.74. The molecule has 4 aromatic rings. The molecule has 0 unspecified atom stereocenters. The lowest BCUT2D eigenvalue weighted by Gasteiger charge is -2.04. The van der Waals surface area contributed by atoms with E-state index in [0.29, 0.717) is 5.52 Å². The minimum Gasteiger partial charge on any atom is -0.506 e. The van der Waals surface area contributed by atoms with Crippen molar-refractivity contribution in [3.63, 3.8) is 0 Å². The molecule has 2 aromatic heterocycles. The van der Waals surface area contributed by atoms with Gasteiger partial charge in [-0.1, -0.05) is 24.3 Å². The lowest BCUT2D eigenvalue weighted by Crippen LogP contribution is -2.36. The highest BCUT2D eigenvalue weighted by molar-refractivity contribution is 5.93. The molecule has 0 spiro atoms. The van der Waals surface area contributed by atoms with Gasteiger partial charge in [0.05, 0.1) is 0 Å². The summed E-state index contributed by atoms with van der Waals surface area (Å²) in [6, 6.07) is 20.2. The first-order valence-corrected chi connectivity index (χ1v) is 8.44. The second kappa shape index (κ2) is 6.36. The van der Waals surface area contributed by atoms with Gasteiger partial charge in [-0.3, -0.25) is 4.98 Å². The number of hydrogen-bond acceptors (Lipinski definition) is 2. The number of pyridine rings is 2. The minimum atomic E-state index is 0.210. The summed E-state index contributed by atoms with van der Waals surface area (Å²) in [5.74, 6) is 0.210. The van der Waals surface area contributed by atoms with Crippen LogP contribution in [-0.2, 0) is 6.54 Å². The van der Waals surface area contributed by atoms with Gasteiger partial charge in [-0.25, -0.2) is 0 Å². The number of aromatic hydroxyl groups is 1. The molecule has 0 fully saturated rings. The van der Waals surface area contributed by atoms with Crippen LogP contribution in [0.15, 0.2) is 66.9 Å². The fourth-order valence-corrected chi connectivity index (χ4v) is 3.28. The van der Waals surface area contributed by atoms with Crippen LogP contribution in [0.2, 0.25) is 0 Å². The van der Waals surface area contributed by atoms with Crippen molar-refractivity contribution in [1.29, 1.82) is 0 Å². The number of fused-ring (bicyclic) bond motifs is 2. The predicted octanol–water partition coefficient (Wildman–Crippen LogP) is 4.57. The fraction of sp³-hybridized carbons (Fsp3) is 0.0909. The van der Waals surface area contributed by atoms with E-state index in [4.69, 9.17) is 0 Å². The summed E-state index contributed by atoms with van der Waals surface area (Å²) >= 11 is 0. The second-order valence-corrected chi connectivity index (χ2v) is 5.97. The highest BCUT2D eigenvalue weighted by Gasteiger charge is 2.11. The third-order valence-electron chi connectivity index (χ3n) is 4.50. The van der Waals surface area contributed by atoms with Gasteiger partial charge in [-0.05, 0) is 42.8 Å². The first kappa shape index (κ1) is 15.3. The van der Waals surface area contributed by atoms with E-state index >= 15 is 0 Å². The van der Waals surface area contributed by atoms with Gasteiger partial charge in [0.15, 0.2) is 0 Å². The number of aromatic nitrogens is 2. The molecule has 2 heterocycles. The smallest absolute Gasteiger partial charge is 0.212 e. The first-order chi connectivity index (χ1) is 12.3. The molecule has 1 N–H and O–H groups in total. The van der Waals surface area contributed by atoms with E-state index in [-0.39, 0.29) is 5.75 Å². The monoisotopic (exact) mass is 327 g/mol. The van der Waals surface area contributed by atoms with E-state index < -0.39 is 0 Å². The normalized spacial score (nSPS) is 11.6. The Hall–Kier alpha value is -3.20. The van der Waals surface area contributed by atoms with Crippen LogP contribution in [0.5, 0.6) is 5.75 Å². The van der Waals surface area contributed by atoms with Gasteiger partial charge in [0.2, 0.25) is 11.2 Å². The molecule has 4 rings (SSSR count). The van der Waals surface area contributed by atoms with Crippen LogP contribution in [0.4, 0.5) is 0 Å². The molecule has 122 valence electrons. The zero-order valence-electron chi connectivity index (χ0n) is 14.1. The summed E-state index contributed by atoms with van der Waals surface area (Å²) in [5, 5.41) is 12.2. The van der Waals surface area contributed by atoms with Crippen molar-refractivity contribution in [3.05, 3.63) is 78.1 Å². The molecular formula is C22H19N2O+. The molecule has 0 aliphatic rings. The summed E-state index contributed by atoms with van der Waals surface area (Å²) in [6.45, 7) is 3.06. The van der Waals surface area contributed by atoms with Crippen LogP contribution in [0.1, 0.15) is 18.2 Å². The van der Waals surface area contributed by atoms with Crippen molar-refractivity contribution in [3.8, 4) is 5.75 Å². The number of nitrogens with zero attached hydrogens (tertiary/aromatic N) is 2. The molecule has 0 bridgehead atoms. The second-order valence-electron chi connectivity index (χ2n) is 5.97. The highest BCUT2D eigenvalue weighted by atomic mass is 16.3. The van der Waals surface area contributed by atoms with Crippen molar-refractivity contribution in [2.45, 2.75) is 13.5 Å². The van der Waals surface area contributed by atoms with Crippen molar-refractivity contribution >= 4 is 34.0 Å². The molecule has 0 radical (unpaired) electrons. The predicted molar refractivity (Wildman–Crippen MR) is 102 cm³/mol. The van der Waals surface area contributed by atoms with E-state index in [0.717, 1.165) is 23.2 Å². The number of phenols is 1. The van der Waals surface area contributed by atoms with Gasteiger partial charge in [0.25, 0.3) is 0 Å². The Kier molecular flexibility index (Phi) is 3.90. The van der Waals surface area contributed by atoms with Gasteiger partial charge >= 0.3 is 0 Å². The molecule has 25 heavy (non-hydrogen) atoms. The van der Waals surface area contributed by atoms with Crippen molar-refractivity contribution in [2.75, 3.05) is 0 Å². The van der Waals surface area contributed by atoms with E-state index in [1.54, 1.807) is 12.3 Å². The van der Waals surface area contributed by atoms with E-state index in [1.807, 2.05) is 18.2 Å². The van der Waals surface area contributed by atoms with Crippen LogP contribution < -0.4 is 4.57 Å². The van der Waals surface area contributed by atoms with Crippen molar-refractivity contribution < 1.29 is 9.67 Å². The average Bonchev–Trinajstić information content (AvgIpc) is 2.67. The number of para-hydroxylation sites is 1. The zero-order valence-corrected chi connectivity index (χ0v) is 14.1. The average molecular weight is 327 g/mol. The molecule has 3 heteroatoms. The van der Waals surface area contributed by atoms with Crippen molar-refractivity contribution in [2.24, 2.45) is 0 Å². The molecule has 0 saturated carbocycles. The van der Waals surface area contributed by atoms with E-state index in [1.165, 1.54) is 10.9 Å². The molecule has 0 atom stereocenters. The number of rotatable bonds is 3. The van der Waals surface area contributed by atoms with Gasteiger partial charge in [-0.15, -0.1) is 0 Å². The third-order valence-corrected chi connectivity index (χ3v) is 4.50. The molecule has 2 aromatic carbocycles. The Labute approximate surface area is 146 Å². The first-order valence-electron chi connectivity index (χ1n) is 8.44. The largest absolute Gasteiger partial charge is 0.506 e. The van der Waals surface area contributed by atoms with Gasteiger partial charge in [0.1, 0.15) is 17.8 Å². The Morgan fingerprint density at radius 2 is 1.84 bits per heavy atom. The van der Waals surface area contributed by atoms with Crippen molar-refractivity contribution in [1.82, 2.24) is 4.98 Å². The van der Waals surface area contributed by atoms with E-state index in [2.05, 4.69) is 65.0 Å². The highest BCUT2D eigenvalue weighted by Crippen LogP contribution is 2.26. The summed E-state index contributed by atoms with van der Waals surface area (Å²) < 4.78 is 2.30. The summed E-state index contributed by atoms with van der Waals surface area (Å²) in [5.41, 5.74) is 4.04. The Morgan fingerprint density at radius 3 is 2.72 bits per heavy atom. The maximum absolute atomic E-state index is 9.99. The molecule has 0 aliphatic carbocycles. The molecule has 3 nitrogen and oxygen atoms in total. The number of phenolic OH excluding ortho intramolecular Hbond substituents is 1. The molecule has 0 amide bonds. The number of benzene rings is 2. The van der Waals surface area contributed by atoms with E-state index in [9.17, 15) is 5.11 Å². The molecule has 0 saturated heterocycles. The minimum absolute atomic E-state index is 0.210. The van der Waals surface area contributed by atoms with Gasteiger partial charge in [-0.2, -0.15) is 4.57 Å². The van der Waals surface area contributed by atoms with Gasteiger partial charge in [0, 0.05) is 35.2 Å². The lowest BCUT2D eigenvalue weighted by molar-refractivity contribution is -0.669. The topological polar surface area (TPSA) is 37.0 Å². The Bertz CT molecular complexity index is 1100. The maximum atomic E-state index is 9.99. The Morgan fingerprint density at radius 1 is 0.960 bits per heavy atom. The summed E-state index contributed by atoms with van der Waals surface area (Å²) in [4.78, 5) is 4.28. The summed E-state index contributed by atoms with van der Waals surface area (Å²) in [6.07, 6.45) is 5.90. The number of aryl methyl sites for hydroxylation is 1. The molecule has 0 aliphatic heterocycles. The quantitative estimate of drug-likeness (QED) is 0.560. The zero-order chi connectivity index (χ0) is 17.2. The maximum Gasteiger partial charge on any atom is 0.212 e. The fourth-order valence-electron chi connectivity index (χ4n) is 3.28. The summed E-state index contributed by atoms with van der Waals surface area (Å²) in [7, 11) is 0. The SMILES string of the molecule is CC[n+]1c(/C=C/c2ccc(O)c3ncccc23)ccc2ccccc21.